The summed E-state index contributed by atoms with van der Waals surface area (Å²) in [5.74, 6) is -2.44. The Bertz CT molecular complexity index is 2390. The molecule has 4 heterocycles. The number of aliphatic carboxylic acids is 1. The van der Waals surface area contributed by atoms with E-state index in [1.807, 2.05) is 65.4 Å². The third-order valence-corrected chi connectivity index (χ3v) is 12.2. The van der Waals surface area contributed by atoms with E-state index >= 15 is 4.39 Å². The molecule has 2 atom stereocenters. The van der Waals surface area contributed by atoms with Crippen molar-refractivity contribution < 1.29 is 18.7 Å². The molecule has 2 bridgehead atoms. The van der Waals surface area contributed by atoms with Gasteiger partial charge >= 0.3 is 5.97 Å². The van der Waals surface area contributed by atoms with Crippen molar-refractivity contribution in [2.45, 2.75) is 37.3 Å². The van der Waals surface area contributed by atoms with E-state index in [1.165, 1.54) is 18.3 Å². The molecule has 3 aromatic carbocycles. The smallest absolute Gasteiger partial charge is 0.308 e. The number of carboxylic acid groups (broad SMARTS) is 1. The topological polar surface area (TPSA) is 106 Å². The Morgan fingerprint density at radius 1 is 0.815 bits per heavy atom. The van der Waals surface area contributed by atoms with Crippen LogP contribution in [0.15, 0.2) is 116 Å². The molecule has 2 unspecified atom stereocenters. The normalized spacial score (nSPS) is 19.6. The molecule has 8 nitrogen and oxygen atoms in total. The van der Waals surface area contributed by atoms with Crippen LogP contribution in [0.2, 0.25) is 5.15 Å². The number of carbonyl (C=O) groups is 1. The highest BCUT2D eigenvalue weighted by atomic mass is 35.5. The number of hydrogen-bond acceptors (Lipinski definition) is 7. The Morgan fingerprint density at radius 2 is 1.41 bits per heavy atom. The molecule has 3 fully saturated rings. The van der Waals surface area contributed by atoms with Crippen LogP contribution in [0.3, 0.4) is 0 Å². The fourth-order valence-corrected chi connectivity index (χ4v) is 9.63. The third kappa shape index (κ3) is 5.65. The van der Waals surface area contributed by atoms with Crippen LogP contribution in [0.25, 0.3) is 33.1 Å². The van der Waals surface area contributed by atoms with Crippen molar-refractivity contribution in [3.05, 3.63) is 148 Å². The van der Waals surface area contributed by atoms with E-state index in [4.69, 9.17) is 31.5 Å². The van der Waals surface area contributed by atoms with Gasteiger partial charge in [-0.2, -0.15) is 4.39 Å². The molecule has 3 aliphatic rings. The molecule has 270 valence electrons. The summed E-state index contributed by atoms with van der Waals surface area (Å²) >= 11 is 7.32. The average Bonchev–Trinajstić information content (AvgIpc) is 3.81. The van der Waals surface area contributed by atoms with Gasteiger partial charge < -0.3 is 15.0 Å². The molecule has 3 aliphatic carbocycles. The second kappa shape index (κ2) is 13.7. The lowest BCUT2D eigenvalue weighted by atomic mass is 9.61. The maximum atomic E-state index is 16.7. The number of thiophene rings is 1. The van der Waals surface area contributed by atoms with E-state index in [9.17, 15) is 14.3 Å². The van der Waals surface area contributed by atoms with E-state index in [0.29, 0.717) is 16.7 Å². The monoisotopic (exact) mass is 758 g/mol. The van der Waals surface area contributed by atoms with E-state index < -0.39 is 34.4 Å². The third-order valence-electron chi connectivity index (χ3n) is 11.1. The van der Waals surface area contributed by atoms with Crippen LogP contribution in [0.4, 0.5) is 14.6 Å². The Balaban J connectivity index is 1.32. The number of nitrogens with one attached hydrogen (secondary N) is 1. The largest absolute Gasteiger partial charge is 0.481 e. The van der Waals surface area contributed by atoms with Crippen LogP contribution >= 0.6 is 22.9 Å². The summed E-state index contributed by atoms with van der Waals surface area (Å²) in [5.41, 5.74) is 2.95. The van der Waals surface area contributed by atoms with Crippen LogP contribution in [0.5, 0.6) is 0 Å². The van der Waals surface area contributed by atoms with Crippen molar-refractivity contribution in [1.82, 2.24) is 24.5 Å². The molecule has 3 saturated carbocycles. The highest BCUT2D eigenvalue weighted by Gasteiger charge is 2.48. The number of nitrogens with zero attached hydrogens (tertiary/aromatic N) is 5. The molecule has 10 rings (SSSR count). The lowest BCUT2D eigenvalue weighted by Gasteiger charge is -2.47. The van der Waals surface area contributed by atoms with Crippen molar-refractivity contribution in [2.75, 3.05) is 5.32 Å². The van der Waals surface area contributed by atoms with Crippen LogP contribution in [-0.2, 0) is 10.3 Å². The summed E-state index contributed by atoms with van der Waals surface area (Å²) in [4.78, 5) is 32.0. The minimum absolute atomic E-state index is 0.0160. The number of hydrogen-bond donors (Lipinski definition) is 2. The number of rotatable bonds is 9. The summed E-state index contributed by atoms with van der Waals surface area (Å²) in [7, 11) is 0. The van der Waals surface area contributed by atoms with E-state index in [2.05, 4.69) is 41.7 Å². The fraction of sp³-hybridized carbons (Fsp3) is 0.214. The van der Waals surface area contributed by atoms with Gasteiger partial charge in [0.2, 0.25) is 0 Å². The second-order valence-corrected chi connectivity index (χ2v) is 15.4. The molecule has 54 heavy (non-hydrogen) atoms. The first-order chi connectivity index (χ1) is 26.3. The van der Waals surface area contributed by atoms with Gasteiger partial charge in [-0.25, -0.2) is 24.3 Å². The van der Waals surface area contributed by atoms with Crippen molar-refractivity contribution in [1.29, 1.82) is 0 Å². The van der Waals surface area contributed by atoms with Gasteiger partial charge in [0.25, 0.3) is 0 Å². The number of carboxylic acids is 1. The van der Waals surface area contributed by atoms with Crippen molar-refractivity contribution in [2.24, 2.45) is 17.8 Å². The molecule has 7 aromatic rings. The minimum Gasteiger partial charge on any atom is -0.481 e. The molecule has 0 amide bonds. The Hall–Kier alpha value is -5.52. The number of halogens is 3. The summed E-state index contributed by atoms with van der Waals surface area (Å²) in [6.07, 6.45) is 6.68. The Morgan fingerprint density at radius 3 is 1.96 bits per heavy atom. The molecular weight excluding hydrogens is 726 g/mol. The van der Waals surface area contributed by atoms with Crippen LogP contribution in [0.1, 0.15) is 42.4 Å². The molecule has 0 aliphatic heterocycles. The van der Waals surface area contributed by atoms with Crippen molar-refractivity contribution in [3.63, 3.8) is 0 Å². The van der Waals surface area contributed by atoms with E-state index in [0.717, 1.165) is 53.7 Å². The Labute approximate surface area is 318 Å². The van der Waals surface area contributed by atoms with Gasteiger partial charge in [0, 0.05) is 12.2 Å². The predicted molar refractivity (Wildman–Crippen MR) is 205 cm³/mol. The summed E-state index contributed by atoms with van der Waals surface area (Å²) in [6, 6.07) is 32.4. The first-order valence-corrected chi connectivity index (χ1v) is 19.1. The number of anilines is 1. The summed E-state index contributed by atoms with van der Waals surface area (Å²) in [5, 5.41) is 13.2. The van der Waals surface area contributed by atoms with Gasteiger partial charge in [-0.1, -0.05) is 103 Å². The van der Waals surface area contributed by atoms with E-state index in [1.54, 1.807) is 0 Å². The SMILES string of the molecule is O=C(O)C1C2CCC(CC2)C1Nc1nc(-c2cn(C(c3ccccc3)(c3ccccc3)c3ccccc3)c3ncc(Cl)nc23)nc(-c2ccc(F)s2)c1F. The molecule has 0 radical (unpaired) electrons. The predicted octanol–water partition coefficient (Wildman–Crippen LogP) is 9.69. The Kier molecular flexibility index (Phi) is 8.70. The van der Waals surface area contributed by atoms with Crippen molar-refractivity contribution >= 4 is 45.9 Å². The van der Waals surface area contributed by atoms with Crippen LogP contribution in [0, 0.1) is 28.7 Å². The average molecular weight is 759 g/mol. The number of benzene rings is 3. The standard InChI is InChI=1S/C42H33ClF2N6O2S/c43-31-22-46-40-36(47-31)29(23-51(40)42(26-10-4-1-5-11-26,27-12-6-2-7-13-27)28-14-8-3-9-15-28)38-49-37(30-20-21-32(44)54-30)34(45)39(50-38)48-35-25-18-16-24(17-19-25)33(35)41(52)53/h1-15,20-25,33,35H,16-19H2,(H,52,53)(H,48,49,50). The zero-order valence-electron chi connectivity index (χ0n) is 28.7. The molecule has 0 spiro atoms. The molecule has 4 aromatic heterocycles. The van der Waals surface area contributed by atoms with Gasteiger partial charge in [-0.3, -0.25) is 4.79 Å². The zero-order valence-corrected chi connectivity index (χ0v) is 30.3. The number of aromatic nitrogens is 5. The van der Waals surface area contributed by atoms with Gasteiger partial charge in [0.05, 0.1) is 22.6 Å². The summed E-state index contributed by atoms with van der Waals surface area (Å²) < 4.78 is 33.2. The molecule has 12 heteroatoms. The molecular formula is C42H33ClF2N6O2S. The second-order valence-electron chi connectivity index (χ2n) is 14.0. The van der Waals surface area contributed by atoms with E-state index in [-0.39, 0.29) is 39.2 Å². The maximum absolute atomic E-state index is 16.7. The highest BCUT2D eigenvalue weighted by Crippen LogP contribution is 2.48. The minimum atomic E-state index is -1.00. The lowest BCUT2D eigenvalue weighted by molar-refractivity contribution is -0.148. The highest BCUT2D eigenvalue weighted by molar-refractivity contribution is 7.13. The fourth-order valence-electron chi connectivity index (χ4n) is 8.78. The maximum Gasteiger partial charge on any atom is 0.308 e. The molecule has 2 N–H and O–H groups in total. The summed E-state index contributed by atoms with van der Waals surface area (Å²) in [6.45, 7) is 0. The van der Waals surface area contributed by atoms with Gasteiger partial charge in [0.15, 0.2) is 28.2 Å². The first kappa shape index (κ1) is 34.3. The van der Waals surface area contributed by atoms with Gasteiger partial charge in [-0.05, 0) is 66.3 Å². The van der Waals surface area contributed by atoms with Gasteiger partial charge in [-0.15, -0.1) is 11.3 Å². The van der Waals surface area contributed by atoms with Crippen molar-refractivity contribution in [3.8, 4) is 22.0 Å². The van der Waals surface area contributed by atoms with Gasteiger partial charge in [0.1, 0.15) is 21.9 Å². The molecule has 0 saturated heterocycles. The number of fused-ring (bicyclic) bond motifs is 4. The quantitative estimate of drug-likeness (QED) is 0.141. The zero-order chi connectivity index (χ0) is 37.0. The lowest BCUT2D eigenvalue weighted by Crippen LogP contribution is -2.51. The van der Waals surface area contributed by atoms with Crippen LogP contribution in [-0.4, -0.2) is 41.6 Å². The van der Waals surface area contributed by atoms with Crippen LogP contribution < -0.4 is 5.32 Å². The first-order valence-electron chi connectivity index (χ1n) is 17.9.